The molecule has 0 radical (unpaired) electrons. The maximum absolute atomic E-state index is 10.5. The smallest absolute Gasteiger partial charge is 0.146 e. The highest BCUT2D eigenvalue weighted by Crippen LogP contribution is 2.25. The lowest BCUT2D eigenvalue weighted by molar-refractivity contribution is 0.142. The van der Waals surface area contributed by atoms with Gasteiger partial charge in [-0.15, -0.1) is 0 Å². The molecule has 72 valence electrons. The molecule has 3 nitrogen and oxygen atoms in total. The second-order valence-electron chi connectivity index (χ2n) is 3.92. The average molecular weight is 180 g/mol. The Kier molecular flexibility index (Phi) is 2.67. The molecule has 0 aromatic carbocycles. The lowest BCUT2D eigenvalue weighted by Gasteiger charge is -2.36. The summed E-state index contributed by atoms with van der Waals surface area (Å²) in [6.45, 7) is 2.84. The second kappa shape index (κ2) is 3.95. The van der Waals surface area contributed by atoms with Gasteiger partial charge in [0.25, 0.3) is 0 Å². The first-order chi connectivity index (χ1) is 6.40. The van der Waals surface area contributed by atoms with Gasteiger partial charge in [-0.1, -0.05) is 6.42 Å². The zero-order valence-electron chi connectivity index (χ0n) is 7.88. The van der Waals surface area contributed by atoms with E-state index in [9.17, 15) is 4.79 Å². The predicted molar refractivity (Wildman–Crippen MR) is 51.0 cm³/mol. The third-order valence-electron chi connectivity index (χ3n) is 3.04. The zero-order valence-corrected chi connectivity index (χ0v) is 7.88. The minimum absolute atomic E-state index is 0.739. The Morgan fingerprint density at radius 2 is 2.23 bits per heavy atom. The number of nitrogens with zero attached hydrogens (tertiary/aromatic N) is 1. The molecule has 0 aromatic heterocycles. The largest absolute Gasteiger partial charge is 0.378 e. The van der Waals surface area contributed by atoms with Crippen LogP contribution in [0.2, 0.25) is 0 Å². The summed E-state index contributed by atoms with van der Waals surface area (Å²) in [4.78, 5) is 13.0. The van der Waals surface area contributed by atoms with Gasteiger partial charge in [-0.2, -0.15) is 0 Å². The van der Waals surface area contributed by atoms with Crippen molar-refractivity contribution in [1.82, 2.24) is 10.2 Å². The Bertz CT molecular complexity index is 229. The Hall–Kier alpha value is -0.790. The molecule has 2 aliphatic rings. The van der Waals surface area contributed by atoms with Crippen LogP contribution >= 0.6 is 0 Å². The number of carbonyl (C=O) groups excluding carboxylic acids is 1. The number of rotatable bonds is 1. The lowest BCUT2D eigenvalue weighted by Crippen LogP contribution is -2.41. The molecular weight excluding hydrogens is 164 g/mol. The highest BCUT2D eigenvalue weighted by Gasteiger charge is 2.26. The highest BCUT2D eigenvalue weighted by molar-refractivity contribution is 5.52. The van der Waals surface area contributed by atoms with Crippen LogP contribution in [0.25, 0.3) is 0 Å². The van der Waals surface area contributed by atoms with Crippen molar-refractivity contribution in [3.05, 3.63) is 5.70 Å². The summed E-state index contributed by atoms with van der Waals surface area (Å²) in [7, 11) is 0. The SMILES string of the molecule is O=C=C1CN(C2CCC2)CCCN1. The van der Waals surface area contributed by atoms with Gasteiger partial charge in [-0.05, 0) is 19.3 Å². The van der Waals surface area contributed by atoms with E-state index >= 15 is 0 Å². The van der Waals surface area contributed by atoms with Gasteiger partial charge in [-0.25, -0.2) is 4.79 Å². The minimum atomic E-state index is 0.739. The lowest BCUT2D eigenvalue weighted by atomic mass is 9.91. The molecule has 1 saturated heterocycles. The van der Waals surface area contributed by atoms with E-state index in [4.69, 9.17) is 0 Å². The average Bonchev–Trinajstić information content (AvgIpc) is 2.27. The van der Waals surface area contributed by atoms with Crippen LogP contribution in [-0.2, 0) is 4.79 Å². The van der Waals surface area contributed by atoms with Crippen LogP contribution in [0.4, 0.5) is 0 Å². The monoisotopic (exact) mass is 180 g/mol. The Labute approximate surface area is 78.8 Å². The Morgan fingerprint density at radius 1 is 1.38 bits per heavy atom. The first kappa shape index (κ1) is 8.79. The van der Waals surface area contributed by atoms with Gasteiger partial charge in [0.05, 0.1) is 0 Å². The third kappa shape index (κ3) is 1.93. The van der Waals surface area contributed by atoms with E-state index < -0.39 is 0 Å². The fraction of sp³-hybridized carbons (Fsp3) is 0.800. The van der Waals surface area contributed by atoms with E-state index in [1.807, 2.05) is 5.94 Å². The summed E-state index contributed by atoms with van der Waals surface area (Å²) in [5.41, 5.74) is 0.740. The molecule has 2 fully saturated rings. The topological polar surface area (TPSA) is 32.3 Å². The van der Waals surface area contributed by atoms with Gasteiger partial charge >= 0.3 is 0 Å². The zero-order chi connectivity index (χ0) is 9.10. The molecule has 3 heteroatoms. The summed E-state index contributed by atoms with van der Waals surface area (Å²) in [5.74, 6) is 1.99. The molecule has 1 heterocycles. The number of nitrogens with one attached hydrogen (secondary N) is 1. The third-order valence-corrected chi connectivity index (χ3v) is 3.04. The molecule has 1 N–H and O–H groups in total. The first-order valence-corrected chi connectivity index (χ1v) is 5.12. The molecule has 1 aliphatic carbocycles. The van der Waals surface area contributed by atoms with Crippen LogP contribution in [0.15, 0.2) is 5.70 Å². The van der Waals surface area contributed by atoms with Crippen molar-refractivity contribution in [2.75, 3.05) is 19.6 Å². The van der Waals surface area contributed by atoms with E-state index in [-0.39, 0.29) is 0 Å². The fourth-order valence-corrected chi connectivity index (χ4v) is 1.99. The van der Waals surface area contributed by atoms with Crippen molar-refractivity contribution in [3.63, 3.8) is 0 Å². The van der Waals surface area contributed by atoms with Crippen LogP contribution < -0.4 is 5.32 Å². The number of hydrogen-bond acceptors (Lipinski definition) is 3. The van der Waals surface area contributed by atoms with E-state index in [1.165, 1.54) is 19.3 Å². The summed E-state index contributed by atoms with van der Waals surface area (Å²) < 4.78 is 0. The first-order valence-electron chi connectivity index (χ1n) is 5.12. The predicted octanol–water partition coefficient (Wildman–Crippen LogP) is 0.550. The molecule has 0 unspecified atom stereocenters. The highest BCUT2D eigenvalue weighted by atomic mass is 16.1. The molecule has 0 bridgehead atoms. The van der Waals surface area contributed by atoms with Crippen LogP contribution in [0, 0.1) is 0 Å². The van der Waals surface area contributed by atoms with Crippen molar-refractivity contribution >= 4 is 5.94 Å². The van der Waals surface area contributed by atoms with Crippen molar-refractivity contribution in [2.24, 2.45) is 0 Å². The van der Waals surface area contributed by atoms with Gasteiger partial charge in [0, 0.05) is 25.7 Å². The van der Waals surface area contributed by atoms with Crippen molar-refractivity contribution < 1.29 is 4.79 Å². The molecule has 13 heavy (non-hydrogen) atoms. The van der Waals surface area contributed by atoms with Crippen LogP contribution in [0.3, 0.4) is 0 Å². The van der Waals surface area contributed by atoms with Crippen molar-refractivity contribution in [3.8, 4) is 0 Å². The molecule has 0 amide bonds. The molecule has 0 aromatic rings. The van der Waals surface area contributed by atoms with Gasteiger partial charge < -0.3 is 5.32 Å². The molecule has 1 saturated carbocycles. The van der Waals surface area contributed by atoms with Crippen molar-refractivity contribution in [2.45, 2.75) is 31.7 Å². The maximum Gasteiger partial charge on any atom is 0.146 e. The summed E-state index contributed by atoms with van der Waals surface area (Å²) in [5, 5.41) is 3.12. The van der Waals surface area contributed by atoms with E-state index in [2.05, 4.69) is 10.2 Å². The fourth-order valence-electron chi connectivity index (χ4n) is 1.99. The normalized spacial score (nSPS) is 25.7. The van der Waals surface area contributed by atoms with Gasteiger partial charge in [-0.3, -0.25) is 4.90 Å². The van der Waals surface area contributed by atoms with E-state index in [1.54, 1.807) is 0 Å². The standard InChI is InChI=1S/C10H16N2O/c13-8-9-7-12(6-2-5-11-9)10-3-1-4-10/h10-11H,1-7H2. The summed E-state index contributed by atoms with van der Waals surface area (Å²) in [6, 6.07) is 0.739. The quantitative estimate of drug-likeness (QED) is 0.598. The van der Waals surface area contributed by atoms with Gasteiger partial charge in [0.15, 0.2) is 0 Å². The summed E-state index contributed by atoms with van der Waals surface area (Å²) in [6.07, 6.45) is 5.12. The van der Waals surface area contributed by atoms with Crippen LogP contribution in [0.1, 0.15) is 25.7 Å². The molecule has 2 rings (SSSR count). The van der Waals surface area contributed by atoms with Crippen molar-refractivity contribution in [1.29, 1.82) is 0 Å². The minimum Gasteiger partial charge on any atom is -0.378 e. The van der Waals surface area contributed by atoms with Crippen LogP contribution in [-0.4, -0.2) is 36.5 Å². The Morgan fingerprint density at radius 3 is 2.85 bits per heavy atom. The molecule has 0 spiro atoms. The Balaban J connectivity index is 1.97. The molecule has 1 aliphatic heterocycles. The molecule has 0 atom stereocenters. The maximum atomic E-state index is 10.5. The van der Waals surface area contributed by atoms with Crippen LogP contribution in [0.5, 0.6) is 0 Å². The van der Waals surface area contributed by atoms with E-state index in [0.29, 0.717) is 0 Å². The molecular formula is C10H16N2O. The second-order valence-corrected chi connectivity index (χ2v) is 3.92. The van der Waals surface area contributed by atoms with Gasteiger partial charge in [0.2, 0.25) is 0 Å². The van der Waals surface area contributed by atoms with Gasteiger partial charge in [0.1, 0.15) is 11.6 Å². The number of hydrogen-bond donors (Lipinski definition) is 1. The van der Waals surface area contributed by atoms with E-state index in [0.717, 1.165) is 37.8 Å². The summed E-state index contributed by atoms with van der Waals surface area (Å²) >= 11 is 0.